The summed E-state index contributed by atoms with van der Waals surface area (Å²) in [6.07, 6.45) is 7.88. The number of allylic oxidation sites excluding steroid dienone is 3. The lowest BCUT2D eigenvalue weighted by atomic mass is 9.73. The molecule has 2 rings (SSSR count). The van der Waals surface area contributed by atoms with Crippen LogP contribution in [0.3, 0.4) is 0 Å². The summed E-state index contributed by atoms with van der Waals surface area (Å²) < 4.78 is 22.1. The molecular formula is C24H36O6P-. The van der Waals surface area contributed by atoms with E-state index in [2.05, 4.69) is 26.5 Å². The molecule has 3 unspecified atom stereocenters. The van der Waals surface area contributed by atoms with E-state index in [1.165, 1.54) is 19.4 Å². The highest BCUT2D eigenvalue weighted by Gasteiger charge is 2.33. The molecule has 0 spiro atoms. The normalized spacial score (nSPS) is 21.3. The van der Waals surface area contributed by atoms with E-state index in [9.17, 15) is 19.5 Å². The summed E-state index contributed by atoms with van der Waals surface area (Å²) in [5.74, 6) is -1.23. The number of ether oxygens (including phenoxy) is 1. The fraction of sp³-hybridized carbons (Fsp3) is 0.583. The first-order chi connectivity index (χ1) is 14.3. The minimum absolute atomic E-state index is 0.108. The molecule has 1 aromatic carbocycles. The Bertz CT molecular complexity index is 867. The second-order valence-electron chi connectivity index (χ2n) is 9.08. The van der Waals surface area contributed by atoms with Crippen LogP contribution in [0, 0.1) is 5.92 Å². The Balaban J connectivity index is 2.56. The smallest absolute Gasteiger partial charge is 0.268 e. The number of phenols is 1. The van der Waals surface area contributed by atoms with Crippen molar-refractivity contribution in [3.63, 3.8) is 0 Å². The van der Waals surface area contributed by atoms with Gasteiger partial charge in [0.15, 0.2) is 0 Å². The predicted molar refractivity (Wildman–Crippen MR) is 121 cm³/mol. The number of hydrogen-bond acceptors (Lipinski definition) is 5. The molecule has 0 saturated carbocycles. The van der Waals surface area contributed by atoms with Crippen molar-refractivity contribution in [1.29, 1.82) is 0 Å². The van der Waals surface area contributed by atoms with Gasteiger partial charge in [0.1, 0.15) is 11.5 Å². The third kappa shape index (κ3) is 7.50. The van der Waals surface area contributed by atoms with Crippen molar-refractivity contribution in [2.24, 2.45) is 5.92 Å². The number of unbranched alkanes of at least 4 members (excludes halogenated alkanes) is 2. The van der Waals surface area contributed by atoms with Gasteiger partial charge in [0.2, 0.25) is 5.79 Å². The second kappa shape index (κ2) is 10.4. The molecule has 174 valence electrons. The molecule has 1 aliphatic rings. The van der Waals surface area contributed by atoms with Crippen molar-refractivity contribution in [2.45, 2.75) is 84.8 Å². The standard InChI is InChI=1S/C24H37O6P/c1-7-8-9-10-18-14-21(25)23(20-13-17(4)11-12-19(20)16(2)3)22(15-18)29-24(5,6)30-31(26,27)28/h13-15,19-20,25H,2,7-12H2,1,3-6H3,(H2,26,27,28)/p-1. The van der Waals surface area contributed by atoms with E-state index < -0.39 is 13.6 Å². The van der Waals surface area contributed by atoms with E-state index >= 15 is 0 Å². The van der Waals surface area contributed by atoms with Gasteiger partial charge in [-0.25, -0.2) is 0 Å². The van der Waals surface area contributed by atoms with E-state index in [0.29, 0.717) is 11.3 Å². The molecule has 7 heteroatoms. The number of phosphoric acid groups is 1. The summed E-state index contributed by atoms with van der Waals surface area (Å²) in [5.41, 5.74) is 3.72. The van der Waals surface area contributed by atoms with Crippen LogP contribution in [-0.4, -0.2) is 15.8 Å². The SMILES string of the molecule is C=C(C)C1CCC(C)=CC1c1c(O)cc(CCCCC)cc1OC(C)(C)OP(=O)([O-])O. The topological polar surface area (TPSA) is 99.0 Å². The highest BCUT2D eigenvalue weighted by molar-refractivity contribution is 7.44. The van der Waals surface area contributed by atoms with Gasteiger partial charge in [-0.05, 0) is 63.1 Å². The average molecular weight is 452 g/mol. The Labute approximate surface area is 186 Å². The predicted octanol–water partition coefficient (Wildman–Crippen LogP) is 5.73. The fourth-order valence-corrected chi connectivity index (χ4v) is 4.87. The number of phosphoric ester groups is 1. The first-order valence-corrected chi connectivity index (χ1v) is 12.4. The molecule has 3 atom stereocenters. The van der Waals surface area contributed by atoms with Gasteiger partial charge in [-0.1, -0.05) is 43.6 Å². The van der Waals surface area contributed by atoms with Crippen molar-refractivity contribution in [2.75, 3.05) is 0 Å². The molecule has 1 aliphatic carbocycles. The highest BCUT2D eigenvalue weighted by atomic mass is 31.2. The van der Waals surface area contributed by atoms with E-state index in [1.54, 1.807) is 6.07 Å². The molecule has 0 amide bonds. The van der Waals surface area contributed by atoms with Gasteiger partial charge in [-0.2, -0.15) is 0 Å². The summed E-state index contributed by atoms with van der Waals surface area (Å²) in [6, 6.07) is 3.61. The van der Waals surface area contributed by atoms with E-state index in [4.69, 9.17) is 9.26 Å². The minimum Gasteiger partial charge on any atom is -0.756 e. The molecule has 0 bridgehead atoms. The van der Waals surface area contributed by atoms with Gasteiger partial charge in [0.05, 0.1) is 0 Å². The molecule has 0 saturated heterocycles. The zero-order valence-electron chi connectivity index (χ0n) is 19.3. The van der Waals surface area contributed by atoms with Crippen molar-refractivity contribution in [3.8, 4) is 11.5 Å². The van der Waals surface area contributed by atoms with Crippen molar-refractivity contribution >= 4 is 7.82 Å². The lowest BCUT2D eigenvalue weighted by molar-refractivity contribution is -0.245. The number of benzene rings is 1. The van der Waals surface area contributed by atoms with Crippen LogP contribution in [0.1, 0.15) is 83.8 Å². The quantitative estimate of drug-likeness (QED) is 0.204. The summed E-state index contributed by atoms with van der Waals surface area (Å²) in [4.78, 5) is 20.5. The van der Waals surface area contributed by atoms with Gasteiger partial charge in [-0.3, -0.25) is 9.09 Å². The molecule has 0 aromatic heterocycles. The van der Waals surface area contributed by atoms with E-state index in [-0.39, 0.29) is 17.6 Å². The average Bonchev–Trinajstić information content (AvgIpc) is 2.58. The lowest BCUT2D eigenvalue weighted by Gasteiger charge is -2.35. The van der Waals surface area contributed by atoms with Crippen LogP contribution in [-0.2, 0) is 15.5 Å². The Morgan fingerprint density at radius 2 is 2.03 bits per heavy atom. The Kier molecular flexibility index (Phi) is 8.57. The van der Waals surface area contributed by atoms with Crippen molar-refractivity contribution < 1.29 is 28.7 Å². The van der Waals surface area contributed by atoms with Crippen LogP contribution >= 0.6 is 7.82 Å². The zero-order valence-corrected chi connectivity index (χ0v) is 20.2. The summed E-state index contributed by atoms with van der Waals surface area (Å²) in [6.45, 7) is 13.1. The molecule has 2 N–H and O–H groups in total. The van der Waals surface area contributed by atoms with Gasteiger partial charge in [0.25, 0.3) is 7.82 Å². The van der Waals surface area contributed by atoms with Crippen LogP contribution in [0.5, 0.6) is 11.5 Å². The molecule has 0 aliphatic heterocycles. The Hall–Kier alpha value is -1.59. The third-order valence-corrected chi connectivity index (χ3v) is 6.32. The number of aromatic hydroxyl groups is 1. The molecule has 1 aromatic rings. The van der Waals surface area contributed by atoms with Gasteiger partial charge in [0, 0.05) is 25.3 Å². The molecule has 6 nitrogen and oxygen atoms in total. The highest BCUT2D eigenvalue weighted by Crippen LogP contribution is 2.48. The molecular weight excluding hydrogens is 415 g/mol. The van der Waals surface area contributed by atoms with E-state index in [0.717, 1.165) is 49.7 Å². The van der Waals surface area contributed by atoms with Crippen LogP contribution in [0.15, 0.2) is 35.9 Å². The van der Waals surface area contributed by atoms with Gasteiger partial charge >= 0.3 is 0 Å². The van der Waals surface area contributed by atoms with Crippen molar-refractivity contribution in [3.05, 3.63) is 47.1 Å². The first-order valence-electron chi connectivity index (χ1n) is 10.9. The minimum atomic E-state index is -5.02. The third-order valence-electron chi connectivity index (χ3n) is 5.65. The Morgan fingerprint density at radius 3 is 2.61 bits per heavy atom. The first kappa shape index (κ1) is 25.7. The van der Waals surface area contributed by atoms with Crippen LogP contribution in [0.25, 0.3) is 0 Å². The number of phenolic OH excluding ortho intramolecular Hbond substituents is 1. The maximum Gasteiger partial charge on any atom is 0.268 e. The zero-order chi connectivity index (χ0) is 23.4. The lowest BCUT2D eigenvalue weighted by Crippen LogP contribution is -2.33. The summed E-state index contributed by atoms with van der Waals surface area (Å²) >= 11 is 0. The summed E-state index contributed by atoms with van der Waals surface area (Å²) in [5, 5.41) is 11.1. The molecule has 0 heterocycles. The number of aryl methyl sites for hydroxylation is 1. The van der Waals surface area contributed by atoms with Crippen LogP contribution in [0.4, 0.5) is 0 Å². The number of hydrogen-bond donors (Lipinski definition) is 2. The molecule has 0 fully saturated rings. The Morgan fingerprint density at radius 1 is 1.35 bits per heavy atom. The molecule has 31 heavy (non-hydrogen) atoms. The summed E-state index contributed by atoms with van der Waals surface area (Å²) in [7, 11) is -5.02. The largest absolute Gasteiger partial charge is 0.756 e. The number of rotatable bonds is 10. The van der Waals surface area contributed by atoms with Crippen LogP contribution < -0.4 is 9.63 Å². The van der Waals surface area contributed by atoms with Gasteiger partial charge in [-0.15, -0.1) is 0 Å². The second-order valence-corrected chi connectivity index (χ2v) is 10.2. The fourth-order valence-electron chi connectivity index (χ4n) is 4.28. The molecule has 0 radical (unpaired) electrons. The monoisotopic (exact) mass is 451 g/mol. The van der Waals surface area contributed by atoms with E-state index in [1.807, 2.05) is 13.0 Å². The van der Waals surface area contributed by atoms with Gasteiger partial charge < -0.3 is 19.6 Å². The van der Waals surface area contributed by atoms with Crippen LogP contribution in [0.2, 0.25) is 0 Å². The maximum atomic E-state index is 11.3. The maximum absolute atomic E-state index is 11.3. The van der Waals surface area contributed by atoms with Crippen molar-refractivity contribution in [1.82, 2.24) is 0 Å².